The molecule has 0 bridgehead atoms. The van der Waals surface area contributed by atoms with Crippen LogP contribution in [-0.4, -0.2) is 24.8 Å². The van der Waals surface area contributed by atoms with E-state index in [1.807, 2.05) is 35.9 Å². The van der Waals surface area contributed by atoms with Gasteiger partial charge in [-0.05, 0) is 49.7 Å². The lowest BCUT2D eigenvalue weighted by Gasteiger charge is -2.28. The lowest BCUT2D eigenvalue weighted by molar-refractivity contribution is 0.415. The molecule has 0 radical (unpaired) electrons. The minimum atomic E-state index is 0.0656. The molecule has 4 heteroatoms. The van der Waals surface area contributed by atoms with E-state index in [-0.39, 0.29) is 5.56 Å². The van der Waals surface area contributed by atoms with Crippen LogP contribution in [0.2, 0.25) is 0 Å². The molecule has 1 aromatic heterocycles. The fourth-order valence-corrected chi connectivity index (χ4v) is 4.12. The molecule has 1 N–H and O–H groups in total. The molecule has 2 aromatic carbocycles. The molecule has 1 fully saturated rings. The Kier molecular flexibility index (Phi) is 4.51. The van der Waals surface area contributed by atoms with E-state index in [0.29, 0.717) is 5.92 Å². The smallest absolute Gasteiger partial charge is 0.258 e. The van der Waals surface area contributed by atoms with Crippen LogP contribution in [0.5, 0.6) is 5.75 Å². The Morgan fingerprint density at radius 1 is 1.04 bits per heavy atom. The molecule has 1 aliphatic heterocycles. The van der Waals surface area contributed by atoms with Gasteiger partial charge in [-0.25, -0.2) is 0 Å². The highest BCUT2D eigenvalue weighted by Crippen LogP contribution is 2.38. The van der Waals surface area contributed by atoms with E-state index >= 15 is 0 Å². The minimum absolute atomic E-state index is 0.0656. The molecule has 0 saturated carbocycles. The van der Waals surface area contributed by atoms with Gasteiger partial charge in [0.05, 0.1) is 7.11 Å². The first-order valence-corrected chi connectivity index (χ1v) is 9.17. The van der Waals surface area contributed by atoms with Gasteiger partial charge in [0.25, 0.3) is 5.56 Å². The van der Waals surface area contributed by atoms with Gasteiger partial charge in [0.1, 0.15) is 5.75 Å². The molecule has 0 atom stereocenters. The fourth-order valence-electron chi connectivity index (χ4n) is 4.12. The average Bonchev–Trinajstić information content (AvgIpc) is 2.71. The molecule has 0 spiro atoms. The van der Waals surface area contributed by atoms with Gasteiger partial charge in [-0.2, -0.15) is 0 Å². The fraction of sp³-hybridized carbons (Fsp3) is 0.318. The summed E-state index contributed by atoms with van der Waals surface area (Å²) in [5.41, 5.74) is 3.52. The largest absolute Gasteiger partial charge is 0.497 e. The van der Waals surface area contributed by atoms with Crippen LogP contribution in [0.4, 0.5) is 0 Å². The highest BCUT2D eigenvalue weighted by molar-refractivity contribution is 5.98. The third-order valence-electron chi connectivity index (χ3n) is 5.44. The monoisotopic (exact) mass is 348 g/mol. The quantitative estimate of drug-likeness (QED) is 0.785. The highest BCUT2D eigenvalue weighted by atomic mass is 16.5. The van der Waals surface area contributed by atoms with Crippen LogP contribution in [0.3, 0.4) is 0 Å². The maximum atomic E-state index is 13.1. The normalized spacial score (nSPS) is 15.3. The van der Waals surface area contributed by atoms with E-state index < -0.39 is 0 Å². The summed E-state index contributed by atoms with van der Waals surface area (Å²) in [5.74, 6) is 1.15. The molecule has 0 amide bonds. The molecular weight excluding hydrogens is 324 g/mol. The minimum Gasteiger partial charge on any atom is -0.497 e. The Bertz CT molecular complexity index is 986. The van der Waals surface area contributed by atoms with Crippen molar-refractivity contribution in [2.24, 2.45) is 7.05 Å². The number of methoxy groups -OCH3 is 1. The van der Waals surface area contributed by atoms with Crippen molar-refractivity contribution in [1.29, 1.82) is 0 Å². The van der Waals surface area contributed by atoms with Crippen molar-refractivity contribution >= 4 is 10.8 Å². The van der Waals surface area contributed by atoms with Gasteiger partial charge in [-0.3, -0.25) is 4.79 Å². The van der Waals surface area contributed by atoms with Crippen molar-refractivity contribution < 1.29 is 4.74 Å². The third-order valence-corrected chi connectivity index (χ3v) is 5.44. The zero-order chi connectivity index (χ0) is 18.1. The molecule has 4 nitrogen and oxygen atoms in total. The summed E-state index contributed by atoms with van der Waals surface area (Å²) in [7, 11) is 3.58. The number of piperidine rings is 1. The predicted molar refractivity (Wildman–Crippen MR) is 106 cm³/mol. The number of pyridine rings is 1. The number of nitrogens with zero attached hydrogens (tertiary/aromatic N) is 1. The number of benzene rings is 2. The zero-order valence-electron chi connectivity index (χ0n) is 15.3. The zero-order valence-corrected chi connectivity index (χ0v) is 15.3. The second-order valence-corrected chi connectivity index (χ2v) is 6.93. The van der Waals surface area contributed by atoms with Crippen LogP contribution in [0.25, 0.3) is 21.9 Å². The molecule has 4 rings (SSSR count). The number of aromatic nitrogens is 1. The van der Waals surface area contributed by atoms with Crippen LogP contribution in [0, 0.1) is 0 Å². The summed E-state index contributed by atoms with van der Waals surface area (Å²) < 4.78 is 7.32. The summed E-state index contributed by atoms with van der Waals surface area (Å²) in [6.45, 7) is 1.98. The summed E-state index contributed by atoms with van der Waals surface area (Å²) in [5, 5.41) is 5.15. The van der Waals surface area contributed by atoms with Crippen LogP contribution in [-0.2, 0) is 7.05 Å². The van der Waals surface area contributed by atoms with E-state index in [1.54, 1.807) is 7.11 Å². The molecule has 1 saturated heterocycles. The number of rotatable bonds is 3. The molecule has 3 aromatic rings. The maximum absolute atomic E-state index is 13.1. The Labute approximate surface area is 153 Å². The molecule has 1 aliphatic rings. The van der Waals surface area contributed by atoms with Crippen LogP contribution < -0.4 is 15.6 Å². The Morgan fingerprint density at radius 3 is 2.46 bits per heavy atom. The summed E-state index contributed by atoms with van der Waals surface area (Å²) in [6.07, 6.45) is 2.09. The van der Waals surface area contributed by atoms with Gasteiger partial charge in [-0.1, -0.05) is 30.3 Å². The molecule has 0 aliphatic carbocycles. The third kappa shape index (κ3) is 2.80. The molecule has 0 unspecified atom stereocenters. The van der Waals surface area contributed by atoms with E-state index in [2.05, 4.69) is 29.6 Å². The molecular formula is C22H24N2O2. The van der Waals surface area contributed by atoms with Crippen LogP contribution in [0.15, 0.2) is 53.3 Å². The van der Waals surface area contributed by atoms with Gasteiger partial charge >= 0.3 is 0 Å². The second kappa shape index (κ2) is 6.96. The Hall–Kier alpha value is -2.59. The highest BCUT2D eigenvalue weighted by Gasteiger charge is 2.25. The summed E-state index contributed by atoms with van der Waals surface area (Å²) in [6, 6.07) is 16.1. The first-order valence-electron chi connectivity index (χ1n) is 9.17. The van der Waals surface area contributed by atoms with Crippen molar-refractivity contribution in [3.05, 3.63) is 64.6 Å². The number of ether oxygens (including phenoxy) is 1. The van der Waals surface area contributed by atoms with Crippen LogP contribution >= 0.6 is 0 Å². The van der Waals surface area contributed by atoms with E-state index in [1.165, 1.54) is 0 Å². The van der Waals surface area contributed by atoms with Crippen molar-refractivity contribution in [3.8, 4) is 16.9 Å². The standard InChI is InChI=1S/C22H24N2O2/c1-24-21(16-10-12-23-13-11-16)20(15-6-4-3-5-7-15)19-14-17(26-2)8-9-18(19)22(24)25/h3-9,14,16,23H,10-13H2,1-2H3. The maximum Gasteiger partial charge on any atom is 0.258 e. The number of fused-ring (bicyclic) bond motifs is 1. The van der Waals surface area contributed by atoms with Gasteiger partial charge < -0.3 is 14.6 Å². The first kappa shape index (κ1) is 16.9. The lowest BCUT2D eigenvalue weighted by atomic mass is 9.86. The molecule has 134 valence electrons. The van der Waals surface area contributed by atoms with E-state index in [4.69, 9.17) is 4.74 Å². The number of hydrogen-bond donors (Lipinski definition) is 1. The van der Waals surface area contributed by atoms with Gasteiger partial charge in [-0.15, -0.1) is 0 Å². The molecule has 2 heterocycles. The van der Waals surface area contributed by atoms with E-state index in [0.717, 1.165) is 59.3 Å². The van der Waals surface area contributed by atoms with Crippen molar-refractivity contribution in [2.75, 3.05) is 20.2 Å². The average molecular weight is 348 g/mol. The van der Waals surface area contributed by atoms with E-state index in [9.17, 15) is 4.79 Å². The Morgan fingerprint density at radius 2 is 1.77 bits per heavy atom. The number of hydrogen-bond acceptors (Lipinski definition) is 3. The Balaban J connectivity index is 2.10. The van der Waals surface area contributed by atoms with Crippen LogP contribution in [0.1, 0.15) is 24.5 Å². The summed E-state index contributed by atoms with van der Waals surface area (Å²) >= 11 is 0. The van der Waals surface area contributed by atoms with Crippen molar-refractivity contribution in [3.63, 3.8) is 0 Å². The van der Waals surface area contributed by atoms with Gasteiger partial charge in [0.15, 0.2) is 0 Å². The SMILES string of the molecule is COc1ccc2c(=O)n(C)c(C3CCNCC3)c(-c3ccccc3)c2c1. The lowest BCUT2D eigenvalue weighted by Crippen LogP contribution is -2.31. The predicted octanol–water partition coefficient (Wildman–Crippen LogP) is 3.68. The van der Waals surface area contributed by atoms with Gasteiger partial charge in [0.2, 0.25) is 0 Å². The summed E-state index contributed by atoms with van der Waals surface area (Å²) in [4.78, 5) is 13.1. The van der Waals surface area contributed by atoms with Crippen molar-refractivity contribution in [2.45, 2.75) is 18.8 Å². The number of nitrogens with one attached hydrogen (secondary N) is 1. The topological polar surface area (TPSA) is 43.3 Å². The second-order valence-electron chi connectivity index (χ2n) is 6.93. The van der Waals surface area contributed by atoms with Gasteiger partial charge in [0, 0.05) is 35.0 Å². The molecule has 26 heavy (non-hydrogen) atoms. The first-order chi connectivity index (χ1) is 12.7. The van der Waals surface area contributed by atoms with Crippen molar-refractivity contribution in [1.82, 2.24) is 9.88 Å².